The number of carbonyl (C=O) groups is 1. The molecule has 0 aliphatic heterocycles. The van der Waals surface area contributed by atoms with Crippen molar-refractivity contribution in [2.45, 2.75) is 6.92 Å². The molecular weight excluding hydrogens is 216 g/mol. The number of thioether (sulfide) groups is 1. The van der Waals surface area contributed by atoms with Crippen LogP contribution in [0.25, 0.3) is 6.08 Å². The molecule has 14 heavy (non-hydrogen) atoms. The minimum absolute atomic E-state index is 0.140. The number of rotatable bonds is 3. The van der Waals surface area contributed by atoms with Crippen LogP contribution in [0.1, 0.15) is 12.5 Å². The molecule has 1 aromatic carbocycles. The Morgan fingerprint density at radius 2 is 2.36 bits per heavy atom. The van der Waals surface area contributed by atoms with Crippen LogP contribution in [-0.4, -0.2) is 10.9 Å². The van der Waals surface area contributed by atoms with Gasteiger partial charge in [0, 0.05) is 17.7 Å². The molecule has 0 aliphatic carbocycles. The minimum Gasteiger partial charge on any atom is -0.288 e. The molecule has 0 aliphatic rings. The maximum Gasteiger partial charge on any atom is 0.186 e. The van der Waals surface area contributed by atoms with Crippen LogP contribution in [0.4, 0.5) is 0 Å². The lowest BCUT2D eigenvalue weighted by molar-refractivity contribution is -0.109. The molecule has 0 fully saturated rings. The molecule has 0 saturated carbocycles. The molecule has 0 spiro atoms. The number of carbonyl (C=O) groups excluding carboxylic acids is 1. The van der Waals surface area contributed by atoms with Gasteiger partial charge >= 0.3 is 0 Å². The molecule has 3 heteroatoms. The normalized spacial score (nSPS) is 10.7. The van der Waals surface area contributed by atoms with Gasteiger partial charge in [-0.25, -0.2) is 0 Å². The van der Waals surface area contributed by atoms with E-state index in [0.29, 0.717) is 5.75 Å². The Bertz CT molecular complexity index is 347. The first-order valence-electron chi connectivity index (χ1n) is 4.24. The average Bonchev–Trinajstić information content (AvgIpc) is 2.12. The van der Waals surface area contributed by atoms with E-state index in [4.69, 9.17) is 11.6 Å². The first-order chi connectivity index (χ1) is 6.68. The Hall–Kier alpha value is -0.730. The number of hydrogen-bond donors (Lipinski definition) is 0. The fraction of sp³-hybridized carbons (Fsp3) is 0.182. The van der Waals surface area contributed by atoms with E-state index >= 15 is 0 Å². The third kappa shape index (κ3) is 4.49. The lowest BCUT2D eigenvalue weighted by Crippen LogP contribution is -1.81. The Balaban J connectivity index is 2.47. The summed E-state index contributed by atoms with van der Waals surface area (Å²) in [5.41, 5.74) is 1.06. The van der Waals surface area contributed by atoms with Crippen LogP contribution >= 0.6 is 23.4 Å². The molecule has 0 radical (unpaired) electrons. The molecule has 0 N–H and O–H groups in total. The molecule has 0 unspecified atom stereocenters. The van der Waals surface area contributed by atoms with Crippen LogP contribution in [0.5, 0.6) is 0 Å². The van der Waals surface area contributed by atoms with Crippen molar-refractivity contribution < 1.29 is 4.79 Å². The maximum absolute atomic E-state index is 10.6. The topological polar surface area (TPSA) is 17.1 Å². The van der Waals surface area contributed by atoms with Crippen molar-refractivity contribution in [2.24, 2.45) is 0 Å². The summed E-state index contributed by atoms with van der Waals surface area (Å²) in [7, 11) is 0. The maximum atomic E-state index is 10.6. The van der Waals surface area contributed by atoms with Gasteiger partial charge in [0.05, 0.1) is 0 Å². The lowest BCUT2D eigenvalue weighted by Gasteiger charge is -1.93. The predicted octanol–water partition coefficient (Wildman–Crippen LogP) is 3.63. The van der Waals surface area contributed by atoms with Crippen molar-refractivity contribution in [3.63, 3.8) is 0 Å². The summed E-state index contributed by atoms with van der Waals surface area (Å²) in [6.07, 6.45) is 3.92. The van der Waals surface area contributed by atoms with Gasteiger partial charge in [0.15, 0.2) is 5.12 Å². The molecule has 1 aromatic rings. The van der Waals surface area contributed by atoms with Gasteiger partial charge in [-0.2, -0.15) is 0 Å². The first kappa shape index (κ1) is 11.3. The number of hydrogen-bond acceptors (Lipinski definition) is 2. The molecule has 0 aromatic heterocycles. The van der Waals surface area contributed by atoms with Gasteiger partial charge in [-0.05, 0) is 17.7 Å². The van der Waals surface area contributed by atoms with Crippen molar-refractivity contribution in [2.75, 3.05) is 5.75 Å². The summed E-state index contributed by atoms with van der Waals surface area (Å²) < 4.78 is 0. The summed E-state index contributed by atoms with van der Waals surface area (Å²) in [5.74, 6) is 0.710. The van der Waals surface area contributed by atoms with E-state index in [9.17, 15) is 4.79 Å². The van der Waals surface area contributed by atoms with Crippen molar-refractivity contribution in [1.82, 2.24) is 0 Å². The zero-order chi connectivity index (χ0) is 10.4. The molecule has 0 saturated heterocycles. The highest BCUT2D eigenvalue weighted by molar-refractivity contribution is 8.13. The Kier molecular flexibility index (Phi) is 4.77. The number of benzene rings is 1. The van der Waals surface area contributed by atoms with Gasteiger partial charge in [0.25, 0.3) is 0 Å². The summed E-state index contributed by atoms with van der Waals surface area (Å²) in [4.78, 5) is 10.6. The second-order valence-electron chi connectivity index (χ2n) is 2.76. The molecule has 0 heterocycles. The molecule has 0 amide bonds. The predicted molar refractivity (Wildman–Crippen MR) is 63.6 cm³/mol. The van der Waals surface area contributed by atoms with Gasteiger partial charge < -0.3 is 0 Å². The van der Waals surface area contributed by atoms with E-state index in [1.54, 1.807) is 6.92 Å². The van der Waals surface area contributed by atoms with Gasteiger partial charge in [0.2, 0.25) is 0 Å². The fourth-order valence-corrected chi connectivity index (χ4v) is 1.59. The molecular formula is C11H11ClOS. The highest BCUT2D eigenvalue weighted by atomic mass is 35.5. The zero-order valence-corrected chi connectivity index (χ0v) is 9.44. The molecule has 1 rings (SSSR count). The minimum atomic E-state index is 0.140. The van der Waals surface area contributed by atoms with Crippen LogP contribution in [0.3, 0.4) is 0 Å². The Labute approximate surface area is 93.2 Å². The highest BCUT2D eigenvalue weighted by Gasteiger charge is 1.90. The first-order valence-corrected chi connectivity index (χ1v) is 5.60. The van der Waals surface area contributed by atoms with Crippen molar-refractivity contribution in [3.8, 4) is 0 Å². The third-order valence-electron chi connectivity index (χ3n) is 1.54. The SMILES string of the molecule is CC(=O)SCC=Cc1cccc(Cl)c1. The molecule has 1 nitrogen and oxygen atoms in total. The van der Waals surface area contributed by atoms with Crippen LogP contribution in [-0.2, 0) is 4.79 Å². The molecule has 74 valence electrons. The van der Waals surface area contributed by atoms with E-state index in [0.717, 1.165) is 10.6 Å². The Morgan fingerprint density at radius 3 is 3.00 bits per heavy atom. The monoisotopic (exact) mass is 226 g/mol. The van der Waals surface area contributed by atoms with Crippen molar-refractivity contribution in [3.05, 3.63) is 40.9 Å². The van der Waals surface area contributed by atoms with E-state index in [2.05, 4.69) is 0 Å². The summed E-state index contributed by atoms with van der Waals surface area (Å²) in [5, 5.41) is 0.868. The van der Waals surface area contributed by atoms with Gasteiger partial charge in [-0.15, -0.1) is 0 Å². The van der Waals surface area contributed by atoms with Crippen molar-refractivity contribution >= 4 is 34.6 Å². The largest absolute Gasteiger partial charge is 0.288 e. The van der Waals surface area contributed by atoms with Crippen LogP contribution in [0, 0.1) is 0 Å². The summed E-state index contributed by atoms with van der Waals surface area (Å²) >= 11 is 7.11. The van der Waals surface area contributed by atoms with E-state index in [-0.39, 0.29) is 5.12 Å². The Morgan fingerprint density at radius 1 is 1.57 bits per heavy atom. The van der Waals surface area contributed by atoms with Gasteiger partial charge in [0.1, 0.15) is 0 Å². The third-order valence-corrected chi connectivity index (χ3v) is 2.54. The second-order valence-corrected chi connectivity index (χ2v) is 4.39. The van der Waals surface area contributed by atoms with Crippen LogP contribution < -0.4 is 0 Å². The molecule has 0 bridgehead atoms. The van der Waals surface area contributed by atoms with Crippen LogP contribution in [0.15, 0.2) is 30.3 Å². The van der Waals surface area contributed by atoms with E-state index in [1.165, 1.54) is 11.8 Å². The lowest BCUT2D eigenvalue weighted by atomic mass is 10.2. The van der Waals surface area contributed by atoms with E-state index in [1.807, 2.05) is 36.4 Å². The quantitative estimate of drug-likeness (QED) is 0.783. The van der Waals surface area contributed by atoms with E-state index < -0.39 is 0 Å². The second kappa shape index (κ2) is 5.89. The highest BCUT2D eigenvalue weighted by Crippen LogP contribution is 2.12. The smallest absolute Gasteiger partial charge is 0.186 e. The van der Waals surface area contributed by atoms with Crippen LogP contribution in [0.2, 0.25) is 5.02 Å². The molecule has 0 atom stereocenters. The average molecular weight is 227 g/mol. The fourth-order valence-electron chi connectivity index (χ4n) is 0.960. The number of halogens is 1. The van der Waals surface area contributed by atoms with Gasteiger partial charge in [-0.3, -0.25) is 4.79 Å². The standard InChI is InChI=1S/C11H11ClOS/c1-9(13)14-7-3-5-10-4-2-6-11(12)8-10/h2-6,8H,7H2,1H3. The van der Waals surface area contributed by atoms with Crippen molar-refractivity contribution in [1.29, 1.82) is 0 Å². The zero-order valence-electron chi connectivity index (χ0n) is 7.87. The van der Waals surface area contributed by atoms with Gasteiger partial charge in [-0.1, -0.05) is 47.6 Å². The summed E-state index contributed by atoms with van der Waals surface area (Å²) in [6, 6.07) is 7.60. The summed E-state index contributed by atoms with van der Waals surface area (Å²) in [6.45, 7) is 1.57.